The summed E-state index contributed by atoms with van der Waals surface area (Å²) in [5, 5.41) is 15.0. The van der Waals surface area contributed by atoms with Crippen molar-refractivity contribution < 1.29 is 4.79 Å². The molecular weight excluding hydrogens is 264 g/mol. The molecule has 100 valence electrons. The number of anilines is 1. The zero-order valence-corrected chi connectivity index (χ0v) is 11.3. The van der Waals surface area contributed by atoms with Gasteiger partial charge in [0.25, 0.3) is 0 Å². The summed E-state index contributed by atoms with van der Waals surface area (Å²) in [7, 11) is 0. The van der Waals surface area contributed by atoms with Gasteiger partial charge >= 0.3 is 0 Å². The van der Waals surface area contributed by atoms with Gasteiger partial charge in [0.2, 0.25) is 11.0 Å². The van der Waals surface area contributed by atoms with Crippen molar-refractivity contribution in [2.75, 3.05) is 25.0 Å². The Morgan fingerprint density at radius 2 is 2.42 bits per heavy atom. The molecule has 1 amide bonds. The summed E-state index contributed by atoms with van der Waals surface area (Å²) in [5.74, 6) is -0.0492. The van der Waals surface area contributed by atoms with E-state index < -0.39 is 0 Å². The first-order valence-electron chi connectivity index (χ1n) is 6.00. The van der Waals surface area contributed by atoms with Gasteiger partial charge in [0.05, 0.1) is 18.8 Å². The average molecular weight is 278 g/mol. The van der Waals surface area contributed by atoms with Gasteiger partial charge in [0, 0.05) is 19.3 Å². The van der Waals surface area contributed by atoms with E-state index in [4.69, 9.17) is 0 Å². The molecule has 0 radical (unpaired) electrons. The predicted molar refractivity (Wildman–Crippen MR) is 71.0 cm³/mol. The molecule has 7 nitrogen and oxygen atoms in total. The van der Waals surface area contributed by atoms with E-state index in [1.165, 1.54) is 11.3 Å². The quantitative estimate of drug-likeness (QED) is 0.883. The van der Waals surface area contributed by atoms with Crippen molar-refractivity contribution in [3.63, 3.8) is 0 Å². The molecule has 0 atom stereocenters. The van der Waals surface area contributed by atoms with Crippen LogP contribution >= 0.6 is 11.3 Å². The van der Waals surface area contributed by atoms with Crippen LogP contribution in [0.25, 0.3) is 0 Å². The lowest BCUT2D eigenvalue weighted by Crippen LogP contribution is -2.50. The van der Waals surface area contributed by atoms with Gasteiger partial charge in [-0.2, -0.15) is 5.10 Å². The number of rotatable bonds is 4. The molecule has 0 aromatic carbocycles. The number of nitrogens with zero attached hydrogens (tertiary/aromatic N) is 5. The number of hydrogen-bond acceptors (Lipinski definition) is 6. The molecule has 0 saturated carbocycles. The highest BCUT2D eigenvalue weighted by molar-refractivity contribution is 7.13. The predicted octanol–water partition coefficient (Wildman–Crippen LogP) is 0.538. The summed E-state index contributed by atoms with van der Waals surface area (Å²) in [6.45, 7) is 4.11. The summed E-state index contributed by atoms with van der Waals surface area (Å²) in [6.07, 6.45) is 3.88. The summed E-state index contributed by atoms with van der Waals surface area (Å²) in [4.78, 5) is 13.8. The molecule has 1 saturated heterocycles. The number of nitrogens with one attached hydrogen (secondary N) is 1. The Labute approximate surface area is 114 Å². The first-order chi connectivity index (χ1) is 9.20. The Morgan fingerprint density at radius 3 is 3.05 bits per heavy atom. The van der Waals surface area contributed by atoms with Crippen LogP contribution in [0.2, 0.25) is 0 Å². The number of aryl methyl sites for hydroxylation is 1. The van der Waals surface area contributed by atoms with Crippen molar-refractivity contribution in [2.45, 2.75) is 13.0 Å². The Balaban J connectivity index is 1.45. The van der Waals surface area contributed by atoms with Crippen LogP contribution in [-0.4, -0.2) is 50.4 Å². The standard InChI is InChI=1S/C11H14N6OS/c1-8-2-13-17(3-8)9-4-16(5-9)6-10(18)14-11-15-12-7-19-11/h2-3,7,9H,4-6H2,1H3,(H,14,15,18). The monoisotopic (exact) mass is 278 g/mol. The number of carbonyl (C=O) groups excluding carboxylic acids is 1. The van der Waals surface area contributed by atoms with Gasteiger partial charge in [0.1, 0.15) is 5.51 Å². The Kier molecular flexibility index (Phi) is 3.26. The fraction of sp³-hybridized carbons (Fsp3) is 0.455. The van der Waals surface area contributed by atoms with Gasteiger partial charge < -0.3 is 0 Å². The van der Waals surface area contributed by atoms with E-state index in [2.05, 4.69) is 25.5 Å². The fourth-order valence-corrected chi connectivity index (χ4v) is 2.52. The van der Waals surface area contributed by atoms with Crippen LogP contribution in [0.3, 0.4) is 0 Å². The topological polar surface area (TPSA) is 75.9 Å². The minimum absolute atomic E-state index is 0.0492. The van der Waals surface area contributed by atoms with Crippen molar-refractivity contribution in [1.82, 2.24) is 24.9 Å². The number of hydrogen-bond donors (Lipinski definition) is 1. The molecule has 0 aliphatic carbocycles. The van der Waals surface area contributed by atoms with Gasteiger partial charge in [-0.3, -0.25) is 19.7 Å². The molecule has 2 aromatic heterocycles. The zero-order valence-electron chi connectivity index (χ0n) is 10.5. The fourth-order valence-electron chi connectivity index (χ4n) is 2.06. The van der Waals surface area contributed by atoms with Crippen LogP contribution < -0.4 is 5.32 Å². The molecule has 8 heteroatoms. The van der Waals surface area contributed by atoms with Gasteiger partial charge in [-0.05, 0) is 12.5 Å². The molecule has 19 heavy (non-hydrogen) atoms. The van der Waals surface area contributed by atoms with Crippen molar-refractivity contribution in [3.05, 3.63) is 23.5 Å². The molecule has 0 spiro atoms. The highest BCUT2D eigenvalue weighted by Gasteiger charge is 2.29. The smallest absolute Gasteiger partial charge is 0.240 e. The second-order valence-corrected chi connectivity index (χ2v) is 5.47. The molecule has 0 bridgehead atoms. The molecule has 1 N–H and O–H groups in total. The maximum atomic E-state index is 11.7. The van der Waals surface area contributed by atoms with Gasteiger partial charge in [-0.15, -0.1) is 10.2 Å². The minimum atomic E-state index is -0.0492. The number of carbonyl (C=O) groups is 1. The first kappa shape index (κ1) is 12.2. The van der Waals surface area contributed by atoms with E-state index in [0.29, 0.717) is 17.7 Å². The molecule has 1 aliphatic rings. The van der Waals surface area contributed by atoms with Crippen molar-refractivity contribution in [2.24, 2.45) is 0 Å². The number of amides is 1. The highest BCUT2D eigenvalue weighted by atomic mass is 32.1. The maximum absolute atomic E-state index is 11.7. The van der Waals surface area contributed by atoms with Crippen LogP contribution in [-0.2, 0) is 4.79 Å². The SMILES string of the molecule is Cc1cnn(C2CN(CC(=O)Nc3nncs3)C2)c1. The second-order valence-electron chi connectivity index (χ2n) is 4.64. The molecular formula is C11H14N6OS. The molecule has 0 unspecified atom stereocenters. The number of likely N-dealkylation sites (tertiary alicyclic amines) is 1. The highest BCUT2D eigenvalue weighted by Crippen LogP contribution is 2.20. The third-order valence-corrected chi connectivity index (χ3v) is 3.62. The third-order valence-electron chi connectivity index (χ3n) is 3.02. The van der Waals surface area contributed by atoms with Gasteiger partial charge in [0.15, 0.2) is 0 Å². The van der Waals surface area contributed by atoms with Crippen LogP contribution in [0.4, 0.5) is 5.13 Å². The van der Waals surface area contributed by atoms with E-state index in [1.807, 2.05) is 24.0 Å². The van der Waals surface area contributed by atoms with Crippen LogP contribution in [0.15, 0.2) is 17.9 Å². The Bertz CT molecular complexity index is 560. The maximum Gasteiger partial charge on any atom is 0.240 e. The van der Waals surface area contributed by atoms with E-state index in [1.54, 1.807) is 5.51 Å². The third kappa shape index (κ3) is 2.79. The molecule has 2 aromatic rings. The number of aromatic nitrogens is 4. The lowest BCUT2D eigenvalue weighted by molar-refractivity contribution is -0.118. The van der Waals surface area contributed by atoms with Crippen molar-refractivity contribution >= 4 is 22.4 Å². The molecule has 3 rings (SSSR count). The normalized spacial score (nSPS) is 16.3. The van der Waals surface area contributed by atoms with Crippen molar-refractivity contribution in [1.29, 1.82) is 0 Å². The summed E-state index contributed by atoms with van der Waals surface area (Å²) >= 11 is 1.32. The summed E-state index contributed by atoms with van der Waals surface area (Å²) < 4.78 is 1.97. The average Bonchev–Trinajstić information content (AvgIpc) is 2.94. The van der Waals surface area contributed by atoms with Crippen molar-refractivity contribution in [3.8, 4) is 0 Å². The van der Waals surface area contributed by atoms with Gasteiger partial charge in [-0.1, -0.05) is 11.3 Å². The first-order valence-corrected chi connectivity index (χ1v) is 6.88. The lowest BCUT2D eigenvalue weighted by atomic mass is 10.1. The molecule has 1 aliphatic heterocycles. The van der Waals surface area contributed by atoms with E-state index in [9.17, 15) is 4.79 Å². The largest absolute Gasteiger partial charge is 0.299 e. The van der Waals surface area contributed by atoms with Crippen LogP contribution in [0.1, 0.15) is 11.6 Å². The van der Waals surface area contributed by atoms with Crippen LogP contribution in [0.5, 0.6) is 0 Å². The minimum Gasteiger partial charge on any atom is -0.299 e. The van der Waals surface area contributed by atoms with E-state index in [-0.39, 0.29) is 5.91 Å². The summed E-state index contributed by atoms with van der Waals surface area (Å²) in [5.41, 5.74) is 2.75. The zero-order chi connectivity index (χ0) is 13.2. The van der Waals surface area contributed by atoms with Gasteiger partial charge in [-0.25, -0.2) is 0 Å². The Hall–Kier alpha value is -1.80. The van der Waals surface area contributed by atoms with Crippen LogP contribution in [0, 0.1) is 6.92 Å². The van der Waals surface area contributed by atoms with E-state index in [0.717, 1.165) is 18.7 Å². The molecule has 3 heterocycles. The van der Waals surface area contributed by atoms with E-state index >= 15 is 0 Å². The Morgan fingerprint density at radius 1 is 1.58 bits per heavy atom. The second kappa shape index (κ2) is 5.06. The molecule has 1 fully saturated rings. The summed E-state index contributed by atoms with van der Waals surface area (Å²) in [6, 6.07) is 0.378. The lowest BCUT2D eigenvalue weighted by Gasteiger charge is -2.38.